The topological polar surface area (TPSA) is 29.5 Å². The van der Waals surface area contributed by atoms with Crippen LogP contribution in [0.25, 0.3) is 0 Å². The molecule has 0 saturated carbocycles. The number of hydrogen-bond donors (Lipinski definition) is 0. The molecule has 114 valence electrons. The molecule has 22 heavy (non-hydrogen) atoms. The molecule has 0 aromatic heterocycles. The largest absolute Gasteiger partial charge is 0.484 e. The van der Waals surface area contributed by atoms with Gasteiger partial charge in [-0.25, -0.2) is 4.39 Å². The van der Waals surface area contributed by atoms with Crippen molar-refractivity contribution in [2.24, 2.45) is 0 Å². The van der Waals surface area contributed by atoms with Crippen LogP contribution in [0.3, 0.4) is 0 Å². The summed E-state index contributed by atoms with van der Waals surface area (Å²) in [5.74, 6) is -0.495. The van der Waals surface area contributed by atoms with Crippen LogP contribution in [0.4, 0.5) is 10.1 Å². The third-order valence-corrected chi connectivity index (χ3v) is 3.82. The Morgan fingerprint density at radius 2 is 1.95 bits per heavy atom. The van der Waals surface area contributed by atoms with E-state index in [-0.39, 0.29) is 10.6 Å². The van der Waals surface area contributed by atoms with Gasteiger partial charge in [-0.05, 0) is 38.1 Å². The SMILES string of the molecule is CC1(C)CN(C(=O)c2c(F)cccc2Cl)c2ccccc2O1. The lowest BCUT2D eigenvalue weighted by Gasteiger charge is -2.39. The summed E-state index contributed by atoms with van der Waals surface area (Å²) in [6.07, 6.45) is 0. The van der Waals surface area contributed by atoms with Gasteiger partial charge >= 0.3 is 0 Å². The predicted molar refractivity (Wildman–Crippen MR) is 84.2 cm³/mol. The number of nitrogens with zero attached hydrogens (tertiary/aromatic N) is 1. The van der Waals surface area contributed by atoms with Gasteiger partial charge in [-0.1, -0.05) is 29.8 Å². The smallest absolute Gasteiger partial charge is 0.263 e. The minimum Gasteiger partial charge on any atom is -0.484 e. The maximum absolute atomic E-state index is 14.1. The zero-order chi connectivity index (χ0) is 15.9. The average molecular weight is 320 g/mol. The van der Waals surface area contributed by atoms with Crippen molar-refractivity contribution in [3.8, 4) is 5.75 Å². The molecule has 0 saturated heterocycles. The van der Waals surface area contributed by atoms with Gasteiger partial charge in [0.05, 0.1) is 22.8 Å². The van der Waals surface area contributed by atoms with Crippen molar-refractivity contribution in [2.75, 3.05) is 11.4 Å². The van der Waals surface area contributed by atoms with Crippen molar-refractivity contribution in [3.05, 3.63) is 58.9 Å². The van der Waals surface area contributed by atoms with Crippen LogP contribution in [0.2, 0.25) is 5.02 Å². The molecule has 0 radical (unpaired) electrons. The molecule has 1 aliphatic heterocycles. The van der Waals surface area contributed by atoms with Crippen LogP contribution in [0.5, 0.6) is 5.75 Å². The molecular weight excluding hydrogens is 305 g/mol. The molecule has 3 nitrogen and oxygen atoms in total. The van der Waals surface area contributed by atoms with Crippen molar-refractivity contribution in [1.82, 2.24) is 0 Å². The highest BCUT2D eigenvalue weighted by Crippen LogP contribution is 2.38. The van der Waals surface area contributed by atoms with Gasteiger partial charge < -0.3 is 9.64 Å². The molecule has 0 fully saturated rings. The fraction of sp³-hybridized carbons (Fsp3) is 0.235. The first-order valence-corrected chi connectivity index (χ1v) is 7.31. The normalized spacial score (nSPS) is 15.9. The van der Waals surface area contributed by atoms with Gasteiger partial charge in [-0.3, -0.25) is 4.79 Å². The monoisotopic (exact) mass is 319 g/mol. The van der Waals surface area contributed by atoms with Crippen molar-refractivity contribution >= 4 is 23.2 Å². The van der Waals surface area contributed by atoms with Gasteiger partial charge in [0.25, 0.3) is 5.91 Å². The molecule has 2 aromatic rings. The summed E-state index contributed by atoms with van der Waals surface area (Å²) in [5, 5.41) is 0.103. The first-order valence-electron chi connectivity index (χ1n) is 6.93. The summed E-state index contributed by atoms with van der Waals surface area (Å²) in [5.41, 5.74) is -0.0651. The second kappa shape index (κ2) is 5.29. The van der Waals surface area contributed by atoms with Crippen LogP contribution in [-0.2, 0) is 0 Å². The minimum absolute atomic E-state index is 0.103. The number of para-hydroxylation sites is 2. The number of ether oxygens (including phenoxy) is 1. The van der Waals surface area contributed by atoms with Crippen molar-refractivity contribution in [3.63, 3.8) is 0 Å². The van der Waals surface area contributed by atoms with Crippen LogP contribution in [-0.4, -0.2) is 18.1 Å². The van der Waals surface area contributed by atoms with Crippen LogP contribution >= 0.6 is 11.6 Å². The van der Waals surface area contributed by atoms with E-state index in [2.05, 4.69) is 0 Å². The molecule has 5 heteroatoms. The molecule has 1 aliphatic rings. The highest BCUT2D eigenvalue weighted by atomic mass is 35.5. The predicted octanol–water partition coefficient (Wildman–Crippen LogP) is 4.30. The van der Waals surface area contributed by atoms with E-state index in [0.29, 0.717) is 18.0 Å². The number of anilines is 1. The molecular formula is C17H15ClFNO2. The van der Waals surface area contributed by atoms with Crippen LogP contribution < -0.4 is 9.64 Å². The summed E-state index contributed by atoms with van der Waals surface area (Å²) < 4.78 is 19.9. The molecule has 0 unspecified atom stereocenters. The third kappa shape index (κ3) is 2.55. The fourth-order valence-corrected chi connectivity index (χ4v) is 2.82. The molecule has 0 N–H and O–H groups in total. The first kappa shape index (κ1) is 14.9. The minimum atomic E-state index is -0.626. The molecule has 3 rings (SSSR count). The maximum Gasteiger partial charge on any atom is 0.263 e. The van der Waals surface area contributed by atoms with E-state index in [1.807, 2.05) is 26.0 Å². The Bertz CT molecular complexity index is 725. The van der Waals surface area contributed by atoms with Gasteiger partial charge in [0.1, 0.15) is 17.2 Å². The van der Waals surface area contributed by atoms with Crippen molar-refractivity contribution < 1.29 is 13.9 Å². The maximum atomic E-state index is 14.1. The lowest BCUT2D eigenvalue weighted by molar-refractivity contribution is 0.0834. The summed E-state index contributed by atoms with van der Waals surface area (Å²) in [4.78, 5) is 14.4. The Hall–Kier alpha value is -2.07. The molecule has 0 bridgehead atoms. The summed E-state index contributed by atoms with van der Waals surface area (Å²) in [6.45, 7) is 4.08. The number of fused-ring (bicyclic) bond motifs is 1. The number of rotatable bonds is 1. The fourth-order valence-electron chi connectivity index (χ4n) is 2.58. The van der Waals surface area contributed by atoms with E-state index in [0.717, 1.165) is 0 Å². The van der Waals surface area contributed by atoms with E-state index in [9.17, 15) is 9.18 Å². The third-order valence-electron chi connectivity index (χ3n) is 3.50. The Balaban J connectivity index is 2.10. The number of amides is 1. The Kier molecular flexibility index (Phi) is 3.57. The van der Waals surface area contributed by atoms with Gasteiger partial charge in [-0.15, -0.1) is 0 Å². The summed E-state index contributed by atoms with van der Waals surface area (Å²) >= 11 is 6.02. The Labute approximate surface area is 133 Å². The lowest BCUT2D eigenvalue weighted by Crippen LogP contribution is -2.49. The zero-order valence-electron chi connectivity index (χ0n) is 12.3. The number of halogens is 2. The molecule has 2 aromatic carbocycles. The standard InChI is InChI=1S/C17H15ClFNO2/c1-17(2)10-20(13-8-3-4-9-14(13)22-17)16(21)15-11(18)6-5-7-12(15)19/h3-9H,10H2,1-2H3. The lowest BCUT2D eigenvalue weighted by atomic mass is 10.0. The van der Waals surface area contributed by atoms with E-state index >= 15 is 0 Å². The molecule has 0 atom stereocenters. The van der Waals surface area contributed by atoms with E-state index < -0.39 is 17.3 Å². The van der Waals surface area contributed by atoms with Gasteiger partial charge in [0.15, 0.2) is 0 Å². The Morgan fingerprint density at radius 3 is 2.68 bits per heavy atom. The number of benzene rings is 2. The van der Waals surface area contributed by atoms with E-state index in [1.54, 1.807) is 12.1 Å². The highest BCUT2D eigenvalue weighted by molar-refractivity contribution is 6.34. The number of carbonyl (C=O) groups is 1. The highest BCUT2D eigenvalue weighted by Gasteiger charge is 2.36. The number of hydrogen-bond acceptors (Lipinski definition) is 2. The Morgan fingerprint density at radius 1 is 1.23 bits per heavy atom. The van der Waals surface area contributed by atoms with Gasteiger partial charge in [-0.2, -0.15) is 0 Å². The van der Waals surface area contributed by atoms with Crippen molar-refractivity contribution in [1.29, 1.82) is 0 Å². The molecule has 1 heterocycles. The summed E-state index contributed by atoms with van der Waals surface area (Å²) in [7, 11) is 0. The number of carbonyl (C=O) groups excluding carboxylic acids is 1. The van der Waals surface area contributed by atoms with E-state index in [1.165, 1.54) is 23.1 Å². The average Bonchev–Trinajstić information content (AvgIpc) is 2.45. The molecule has 1 amide bonds. The second-order valence-corrected chi connectivity index (χ2v) is 6.22. The summed E-state index contributed by atoms with van der Waals surface area (Å²) in [6, 6.07) is 11.4. The second-order valence-electron chi connectivity index (χ2n) is 5.82. The van der Waals surface area contributed by atoms with Crippen molar-refractivity contribution in [2.45, 2.75) is 19.4 Å². The van der Waals surface area contributed by atoms with Crippen LogP contribution in [0, 0.1) is 5.82 Å². The molecule has 0 spiro atoms. The van der Waals surface area contributed by atoms with Gasteiger partial charge in [0.2, 0.25) is 0 Å². The van der Waals surface area contributed by atoms with E-state index in [4.69, 9.17) is 16.3 Å². The zero-order valence-corrected chi connectivity index (χ0v) is 13.0. The first-order chi connectivity index (χ1) is 10.4. The van der Waals surface area contributed by atoms with Crippen LogP contribution in [0.1, 0.15) is 24.2 Å². The van der Waals surface area contributed by atoms with Crippen LogP contribution in [0.15, 0.2) is 42.5 Å². The molecule has 0 aliphatic carbocycles. The quantitative estimate of drug-likeness (QED) is 0.784. The van der Waals surface area contributed by atoms with Gasteiger partial charge in [0, 0.05) is 0 Å².